The smallest absolute Gasteiger partial charge is 0.434 e. The Morgan fingerprint density at radius 1 is 1.43 bits per heavy atom. The van der Waals surface area contributed by atoms with Crippen LogP contribution in [0, 0.1) is 0 Å². The van der Waals surface area contributed by atoms with Crippen LogP contribution in [0.5, 0.6) is 0 Å². The summed E-state index contributed by atoms with van der Waals surface area (Å²) in [6.45, 7) is -1.47. The number of rotatable bonds is 6. The molecule has 3 nitrogen and oxygen atoms in total. The number of halogens is 5. The molecule has 1 rings (SSSR count). The molecule has 0 radical (unpaired) electrons. The molecule has 1 aromatic heterocycles. The van der Waals surface area contributed by atoms with Gasteiger partial charge in [-0.3, -0.25) is 4.98 Å². The standard InChI is InChI=1S/C13H12F5NO2S2/c1-2-3-4-6-7(11(23)21-12(14)15)5-19-9(13(16,17)18)8(6)10(20)22/h5,12H,2-4H2,1H3,(H,20,22)/p-1. The average molecular weight is 372 g/mol. The fourth-order valence-corrected chi connectivity index (χ4v) is 2.39. The first-order valence-corrected chi connectivity index (χ1v) is 7.20. The molecule has 0 bridgehead atoms. The molecule has 10 heteroatoms. The highest BCUT2D eigenvalue weighted by atomic mass is 32.1. The number of alkyl halides is 5. The molecular weight excluding hydrogens is 361 g/mol. The van der Waals surface area contributed by atoms with E-state index in [1.54, 1.807) is 6.92 Å². The fraction of sp³-hybridized carbons (Fsp3) is 0.462. The number of hydrogen-bond acceptors (Lipinski definition) is 5. The van der Waals surface area contributed by atoms with Gasteiger partial charge >= 0.3 is 12.8 Å². The van der Waals surface area contributed by atoms with Crippen LogP contribution in [0.25, 0.3) is 0 Å². The lowest BCUT2D eigenvalue weighted by Crippen LogP contribution is -2.21. The van der Waals surface area contributed by atoms with Crippen molar-refractivity contribution < 1.29 is 31.5 Å². The molecule has 0 aliphatic carbocycles. The number of carbonyl (C=O) groups is 1. The molecule has 0 fully saturated rings. The van der Waals surface area contributed by atoms with E-state index in [9.17, 15) is 26.7 Å². The Hall–Kier alpha value is -1.42. The van der Waals surface area contributed by atoms with Gasteiger partial charge in [0.05, 0.1) is 5.56 Å². The van der Waals surface area contributed by atoms with Crippen molar-refractivity contribution in [2.45, 2.75) is 39.0 Å². The van der Waals surface area contributed by atoms with Crippen molar-refractivity contribution in [2.75, 3.05) is 0 Å². The number of nitrogens with zero attached hydrogens (tertiary/aromatic N) is 1. The topological polar surface area (TPSA) is 39.2 Å². The van der Waals surface area contributed by atoms with E-state index in [0.717, 1.165) is 0 Å². The first kappa shape index (κ1) is 19.6. The van der Waals surface area contributed by atoms with E-state index in [1.165, 1.54) is 0 Å². The second-order valence-corrected chi connectivity index (χ2v) is 5.17. The van der Waals surface area contributed by atoms with Crippen LogP contribution in [0.2, 0.25) is 0 Å². The molecule has 0 amide bonds. The van der Waals surface area contributed by atoms with Crippen molar-refractivity contribution in [3.8, 4) is 0 Å². The summed E-state index contributed by atoms with van der Waals surface area (Å²) < 4.78 is 67.6. The number of ether oxygens (including phenoxy) is 1. The van der Waals surface area contributed by atoms with Crippen molar-refractivity contribution in [2.24, 2.45) is 0 Å². The summed E-state index contributed by atoms with van der Waals surface area (Å²) >= 11 is 9.01. The van der Waals surface area contributed by atoms with Crippen LogP contribution < -0.4 is 0 Å². The number of unbranched alkanes of at least 4 members (excludes halogenated alkanes) is 1. The van der Waals surface area contributed by atoms with Crippen molar-refractivity contribution in [3.05, 3.63) is 28.6 Å². The normalized spacial score (nSPS) is 11.6. The van der Waals surface area contributed by atoms with Crippen molar-refractivity contribution in [1.82, 2.24) is 4.98 Å². The minimum Gasteiger partial charge on any atom is -0.737 e. The van der Waals surface area contributed by atoms with Gasteiger partial charge in [0.2, 0.25) is 0 Å². The van der Waals surface area contributed by atoms with E-state index in [2.05, 4.69) is 34.6 Å². The van der Waals surface area contributed by atoms with Crippen LogP contribution in [0.4, 0.5) is 22.0 Å². The molecule has 0 N–H and O–H groups in total. The Morgan fingerprint density at radius 2 is 2.04 bits per heavy atom. The fourth-order valence-electron chi connectivity index (χ4n) is 1.92. The highest BCUT2D eigenvalue weighted by Gasteiger charge is 2.37. The first-order valence-electron chi connectivity index (χ1n) is 6.39. The highest BCUT2D eigenvalue weighted by molar-refractivity contribution is 7.80. The van der Waals surface area contributed by atoms with Gasteiger partial charge in [-0.2, -0.15) is 22.0 Å². The van der Waals surface area contributed by atoms with E-state index in [-0.39, 0.29) is 17.5 Å². The SMILES string of the molecule is CCCCc1c(C(=S)OC(F)F)cnc(C(F)(F)F)c1C(=O)[S-]. The Balaban J connectivity index is 3.56. The van der Waals surface area contributed by atoms with Gasteiger partial charge in [-0.05, 0) is 30.6 Å². The zero-order chi connectivity index (χ0) is 17.8. The highest BCUT2D eigenvalue weighted by Crippen LogP contribution is 2.34. The van der Waals surface area contributed by atoms with E-state index in [1.807, 2.05) is 0 Å². The first-order chi connectivity index (χ1) is 10.6. The zero-order valence-electron chi connectivity index (χ0n) is 11.7. The number of pyridine rings is 1. The van der Waals surface area contributed by atoms with Gasteiger partial charge in [0, 0.05) is 16.9 Å². The quantitative estimate of drug-likeness (QED) is 0.428. The van der Waals surface area contributed by atoms with Crippen LogP contribution in [0.1, 0.15) is 46.9 Å². The predicted octanol–water partition coefficient (Wildman–Crippen LogP) is 4.04. The summed E-state index contributed by atoms with van der Waals surface area (Å²) in [6.07, 6.45) is -3.23. The van der Waals surface area contributed by atoms with Gasteiger partial charge in [-0.1, -0.05) is 13.3 Å². The summed E-state index contributed by atoms with van der Waals surface area (Å²) in [5, 5.41) is -2.01. The lowest BCUT2D eigenvalue weighted by Gasteiger charge is -2.20. The minimum atomic E-state index is -4.91. The molecule has 128 valence electrons. The van der Waals surface area contributed by atoms with E-state index in [0.29, 0.717) is 19.0 Å². The molecule has 0 spiro atoms. The number of hydrogen-bond donors (Lipinski definition) is 0. The van der Waals surface area contributed by atoms with Crippen molar-refractivity contribution >= 4 is 35.0 Å². The maximum absolute atomic E-state index is 13.0. The molecular formula is C13H11F5NO2S2-. The largest absolute Gasteiger partial charge is 0.737 e. The van der Waals surface area contributed by atoms with Crippen LogP contribution in [-0.4, -0.2) is 21.8 Å². The maximum atomic E-state index is 13.0. The monoisotopic (exact) mass is 372 g/mol. The van der Waals surface area contributed by atoms with Gasteiger partial charge in [-0.25, -0.2) is 0 Å². The Labute approximate surface area is 139 Å². The minimum absolute atomic E-state index is 0.00187. The van der Waals surface area contributed by atoms with E-state index in [4.69, 9.17) is 0 Å². The van der Waals surface area contributed by atoms with E-state index >= 15 is 0 Å². The maximum Gasteiger partial charge on any atom is 0.434 e. The van der Waals surface area contributed by atoms with Gasteiger partial charge in [-0.15, -0.1) is 0 Å². The molecule has 0 aliphatic rings. The lowest BCUT2D eigenvalue weighted by molar-refractivity contribution is -0.141. The molecule has 0 saturated carbocycles. The summed E-state index contributed by atoms with van der Waals surface area (Å²) in [5.74, 6) is 0. The third kappa shape index (κ3) is 5.03. The summed E-state index contributed by atoms with van der Waals surface area (Å²) in [5.41, 5.74) is -2.71. The number of carbonyl (C=O) groups excluding carboxylic acids is 1. The molecule has 0 aliphatic heterocycles. The molecule has 1 heterocycles. The van der Waals surface area contributed by atoms with Gasteiger partial charge in [0.25, 0.3) is 0 Å². The predicted molar refractivity (Wildman–Crippen MR) is 78.3 cm³/mol. The summed E-state index contributed by atoms with van der Waals surface area (Å²) in [6, 6.07) is 0. The molecule has 0 saturated heterocycles. The Kier molecular flexibility index (Phi) is 6.75. The van der Waals surface area contributed by atoms with Crippen molar-refractivity contribution in [3.63, 3.8) is 0 Å². The van der Waals surface area contributed by atoms with Gasteiger partial charge < -0.3 is 22.2 Å². The van der Waals surface area contributed by atoms with Crippen LogP contribution in [0.15, 0.2) is 6.20 Å². The van der Waals surface area contributed by atoms with Gasteiger partial charge in [0.1, 0.15) is 0 Å². The molecule has 23 heavy (non-hydrogen) atoms. The van der Waals surface area contributed by atoms with Crippen LogP contribution in [-0.2, 0) is 30.0 Å². The average Bonchev–Trinajstić information content (AvgIpc) is 2.41. The lowest BCUT2D eigenvalue weighted by atomic mass is 9.97. The zero-order valence-corrected chi connectivity index (χ0v) is 13.4. The second kappa shape index (κ2) is 7.91. The molecule has 1 aromatic rings. The van der Waals surface area contributed by atoms with Crippen LogP contribution >= 0.6 is 12.2 Å². The number of thiocarbonyl (C=S) groups is 1. The molecule has 0 aromatic carbocycles. The molecule has 0 atom stereocenters. The van der Waals surface area contributed by atoms with Gasteiger partial charge in [0.15, 0.2) is 10.7 Å². The third-order valence-electron chi connectivity index (χ3n) is 2.86. The number of aromatic nitrogens is 1. The van der Waals surface area contributed by atoms with Crippen LogP contribution in [0.3, 0.4) is 0 Å². The molecule has 0 unspecified atom stereocenters. The summed E-state index contributed by atoms with van der Waals surface area (Å²) in [4.78, 5) is 14.7. The third-order valence-corrected chi connectivity index (χ3v) is 3.38. The Bertz CT molecular complexity index is 605. The Morgan fingerprint density at radius 3 is 2.48 bits per heavy atom. The second-order valence-electron chi connectivity index (χ2n) is 4.43. The van der Waals surface area contributed by atoms with Crippen molar-refractivity contribution in [1.29, 1.82) is 0 Å². The summed E-state index contributed by atoms with van der Waals surface area (Å²) in [7, 11) is 0. The van der Waals surface area contributed by atoms with E-state index < -0.39 is 34.2 Å².